The number of benzene rings is 1. The van der Waals surface area contributed by atoms with Crippen molar-refractivity contribution >= 4 is 11.6 Å². The molecule has 1 aliphatic heterocycles. The summed E-state index contributed by atoms with van der Waals surface area (Å²) in [4.78, 5) is 15.4. The van der Waals surface area contributed by atoms with Gasteiger partial charge in [-0.25, -0.2) is 0 Å². The zero-order valence-electron chi connectivity index (χ0n) is 13.8. The van der Waals surface area contributed by atoms with E-state index in [1.807, 2.05) is 18.2 Å². The van der Waals surface area contributed by atoms with Gasteiger partial charge in [0.1, 0.15) is 13.2 Å². The van der Waals surface area contributed by atoms with Crippen LogP contribution in [0, 0.1) is 0 Å². The first kappa shape index (κ1) is 16.1. The van der Waals surface area contributed by atoms with Crippen molar-refractivity contribution in [2.24, 2.45) is 5.73 Å². The molecule has 0 saturated heterocycles. The minimum absolute atomic E-state index is 0.186. The lowest BCUT2D eigenvalue weighted by atomic mass is 9.84. The highest BCUT2D eigenvalue weighted by Crippen LogP contribution is 2.35. The molecule has 0 aliphatic carbocycles. The topological polar surface area (TPSA) is 86.5 Å². The second kappa shape index (κ2) is 6.39. The number of rotatable bonds is 5. The summed E-state index contributed by atoms with van der Waals surface area (Å²) in [5, 5.41) is 3.30. The van der Waals surface area contributed by atoms with E-state index in [1.165, 1.54) is 6.20 Å². The molecule has 0 spiro atoms. The van der Waals surface area contributed by atoms with Crippen LogP contribution >= 0.6 is 0 Å². The average molecular weight is 327 g/mol. The number of anilines is 1. The van der Waals surface area contributed by atoms with E-state index in [1.54, 1.807) is 12.3 Å². The molecule has 24 heavy (non-hydrogen) atoms. The van der Waals surface area contributed by atoms with Gasteiger partial charge in [0.05, 0.1) is 11.3 Å². The van der Waals surface area contributed by atoms with E-state index in [0.717, 1.165) is 17.1 Å². The van der Waals surface area contributed by atoms with E-state index in [9.17, 15) is 4.79 Å². The molecular formula is C18H21N3O3. The number of nitrogens with two attached hydrogens (primary N) is 1. The number of pyridine rings is 1. The van der Waals surface area contributed by atoms with Gasteiger partial charge < -0.3 is 20.5 Å². The Morgan fingerprint density at radius 2 is 2.00 bits per heavy atom. The van der Waals surface area contributed by atoms with Gasteiger partial charge in [-0.15, -0.1) is 0 Å². The zero-order chi connectivity index (χ0) is 17.2. The minimum atomic E-state index is -0.497. The lowest BCUT2D eigenvalue weighted by Gasteiger charge is -2.28. The summed E-state index contributed by atoms with van der Waals surface area (Å²) in [6.45, 7) is 6.01. The molecule has 0 unspecified atom stereocenters. The van der Waals surface area contributed by atoms with Crippen LogP contribution in [0.25, 0.3) is 0 Å². The van der Waals surface area contributed by atoms with E-state index in [4.69, 9.17) is 15.2 Å². The van der Waals surface area contributed by atoms with Gasteiger partial charge in [0, 0.05) is 24.4 Å². The quantitative estimate of drug-likeness (QED) is 0.880. The SMILES string of the molecule is CC(C)(CNc1ccncc1C(N)=O)c1ccc2c(c1)OCCO2. The van der Waals surface area contributed by atoms with Crippen molar-refractivity contribution in [2.75, 3.05) is 25.1 Å². The van der Waals surface area contributed by atoms with Gasteiger partial charge in [0.25, 0.3) is 5.91 Å². The Bertz CT molecular complexity index is 759. The van der Waals surface area contributed by atoms with Crippen molar-refractivity contribution < 1.29 is 14.3 Å². The van der Waals surface area contributed by atoms with Crippen molar-refractivity contribution in [2.45, 2.75) is 19.3 Å². The highest BCUT2D eigenvalue weighted by atomic mass is 16.6. The maximum absolute atomic E-state index is 11.5. The van der Waals surface area contributed by atoms with Crippen LogP contribution in [-0.2, 0) is 5.41 Å². The normalized spacial score (nSPS) is 13.4. The molecule has 1 aromatic heterocycles. The summed E-state index contributed by atoms with van der Waals surface area (Å²) in [6, 6.07) is 7.74. The number of hydrogen-bond donors (Lipinski definition) is 2. The fourth-order valence-electron chi connectivity index (χ4n) is 2.63. The average Bonchev–Trinajstić information content (AvgIpc) is 2.59. The molecule has 3 rings (SSSR count). The van der Waals surface area contributed by atoms with Crippen LogP contribution in [0.1, 0.15) is 29.8 Å². The Morgan fingerprint density at radius 3 is 2.75 bits per heavy atom. The molecule has 3 N–H and O–H groups in total. The first-order valence-corrected chi connectivity index (χ1v) is 7.85. The fourth-order valence-corrected chi connectivity index (χ4v) is 2.63. The molecule has 6 nitrogen and oxygen atoms in total. The van der Waals surface area contributed by atoms with Gasteiger partial charge >= 0.3 is 0 Å². The monoisotopic (exact) mass is 327 g/mol. The van der Waals surface area contributed by atoms with Crippen LogP contribution in [0.2, 0.25) is 0 Å². The Hall–Kier alpha value is -2.76. The van der Waals surface area contributed by atoms with E-state index in [2.05, 4.69) is 24.1 Å². The Balaban J connectivity index is 1.78. The van der Waals surface area contributed by atoms with Crippen molar-refractivity contribution in [3.05, 3.63) is 47.8 Å². The van der Waals surface area contributed by atoms with Crippen LogP contribution in [0.4, 0.5) is 5.69 Å². The number of carbonyl (C=O) groups excluding carboxylic acids is 1. The van der Waals surface area contributed by atoms with Gasteiger partial charge in [-0.2, -0.15) is 0 Å². The van der Waals surface area contributed by atoms with E-state index < -0.39 is 5.91 Å². The second-order valence-corrected chi connectivity index (χ2v) is 6.38. The van der Waals surface area contributed by atoms with E-state index >= 15 is 0 Å². The van der Waals surface area contributed by atoms with E-state index in [-0.39, 0.29) is 5.41 Å². The van der Waals surface area contributed by atoms with Crippen molar-refractivity contribution in [1.82, 2.24) is 4.98 Å². The Kier molecular flexibility index (Phi) is 4.29. The van der Waals surface area contributed by atoms with Gasteiger partial charge in [-0.1, -0.05) is 19.9 Å². The number of fused-ring (bicyclic) bond motifs is 1. The predicted molar refractivity (Wildman–Crippen MR) is 91.7 cm³/mol. The number of hydrogen-bond acceptors (Lipinski definition) is 5. The molecule has 126 valence electrons. The predicted octanol–water partition coefficient (Wildman–Crippen LogP) is 2.34. The smallest absolute Gasteiger partial charge is 0.252 e. The van der Waals surface area contributed by atoms with Crippen LogP contribution < -0.4 is 20.5 Å². The third-order valence-corrected chi connectivity index (χ3v) is 4.13. The molecule has 1 amide bonds. The number of carbonyl (C=O) groups is 1. The highest BCUT2D eigenvalue weighted by Gasteiger charge is 2.24. The third-order valence-electron chi connectivity index (χ3n) is 4.13. The van der Waals surface area contributed by atoms with Crippen LogP contribution in [0.15, 0.2) is 36.7 Å². The maximum Gasteiger partial charge on any atom is 0.252 e. The number of nitrogens with one attached hydrogen (secondary N) is 1. The molecule has 6 heteroatoms. The summed E-state index contributed by atoms with van der Waals surface area (Å²) < 4.78 is 11.2. The molecule has 0 fully saturated rings. The fraction of sp³-hybridized carbons (Fsp3) is 0.333. The first-order valence-electron chi connectivity index (χ1n) is 7.85. The van der Waals surface area contributed by atoms with Gasteiger partial charge in [-0.05, 0) is 23.8 Å². The highest BCUT2D eigenvalue weighted by molar-refractivity contribution is 5.98. The van der Waals surface area contributed by atoms with Crippen molar-refractivity contribution in [1.29, 1.82) is 0 Å². The maximum atomic E-state index is 11.5. The minimum Gasteiger partial charge on any atom is -0.486 e. The molecular weight excluding hydrogens is 306 g/mol. The zero-order valence-corrected chi connectivity index (χ0v) is 13.8. The standard InChI is InChI=1S/C18H21N3O3/c1-18(2,11-21-14-5-6-20-10-13(14)17(19)22)12-3-4-15-16(9-12)24-8-7-23-15/h3-6,9-10H,7-8,11H2,1-2H3,(H2,19,22)(H,20,21). The number of ether oxygens (including phenoxy) is 2. The summed E-state index contributed by atoms with van der Waals surface area (Å²) >= 11 is 0. The molecule has 1 aliphatic rings. The van der Waals surface area contributed by atoms with Gasteiger partial charge in [0.15, 0.2) is 11.5 Å². The molecule has 0 bridgehead atoms. The molecule has 1 aromatic carbocycles. The number of aromatic nitrogens is 1. The summed E-state index contributed by atoms with van der Waals surface area (Å²) in [7, 11) is 0. The van der Waals surface area contributed by atoms with Crippen LogP contribution in [0.5, 0.6) is 11.5 Å². The number of primary amides is 1. The summed E-state index contributed by atoms with van der Waals surface area (Å²) in [5.74, 6) is 1.05. The summed E-state index contributed by atoms with van der Waals surface area (Å²) in [5.41, 5.74) is 7.39. The van der Waals surface area contributed by atoms with Gasteiger partial charge in [-0.3, -0.25) is 9.78 Å². The molecule has 0 atom stereocenters. The van der Waals surface area contributed by atoms with Gasteiger partial charge in [0.2, 0.25) is 0 Å². The largest absolute Gasteiger partial charge is 0.486 e. The first-order chi connectivity index (χ1) is 11.5. The molecule has 2 aromatic rings. The summed E-state index contributed by atoms with van der Waals surface area (Å²) in [6.07, 6.45) is 3.10. The van der Waals surface area contributed by atoms with Crippen molar-refractivity contribution in [3.63, 3.8) is 0 Å². The Morgan fingerprint density at radius 1 is 1.25 bits per heavy atom. The molecule has 0 radical (unpaired) electrons. The second-order valence-electron chi connectivity index (χ2n) is 6.38. The Labute approximate surface area is 141 Å². The lowest BCUT2D eigenvalue weighted by Crippen LogP contribution is -2.29. The lowest BCUT2D eigenvalue weighted by molar-refractivity contribution is 0.100. The molecule has 2 heterocycles. The number of nitrogens with zero attached hydrogens (tertiary/aromatic N) is 1. The van der Waals surface area contributed by atoms with Crippen LogP contribution in [-0.4, -0.2) is 30.6 Å². The number of amides is 1. The van der Waals surface area contributed by atoms with Crippen molar-refractivity contribution in [3.8, 4) is 11.5 Å². The van der Waals surface area contributed by atoms with E-state index in [0.29, 0.717) is 31.0 Å². The third kappa shape index (κ3) is 3.27. The van der Waals surface area contributed by atoms with Crippen LogP contribution in [0.3, 0.4) is 0 Å². The molecule has 0 saturated carbocycles.